The highest BCUT2D eigenvalue weighted by Crippen LogP contribution is 2.34. The first kappa shape index (κ1) is 14.2. The first-order valence-electron chi connectivity index (χ1n) is 6.02. The molecule has 0 saturated heterocycles. The molecule has 2 unspecified atom stereocenters. The number of halogens is 2. The normalized spacial score (nSPS) is 21.7. The summed E-state index contributed by atoms with van der Waals surface area (Å²) in [6.45, 7) is 0. The van der Waals surface area contributed by atoms with E-state index < -0.39 is 45.9 Å². The average molecular weight is 286 g/mol. The van der Waals surface area contributed by atoms with E-state index in [9.17, 15) is 23.7 Å². The fourth-order valence-electron chi connectivity index (χ4n) is 2.37. The summed E-state index contributed by atoms with van der Waals surface area (Å²) in [5, 5.41) is 22.2. The van der Waals surface area contributed by atoms with Gasteiger partial charge in [-0.1, -0.05) is 0 Å². The molecule has 0 heterocycles. The number of anilines is 1. The molecule has 0 aliphatic heterocycles. The maximum absolute atomic E-state index is 13.7. The monoisotopic (exact) mass is 286 g/mol. The van der Waals surface area contributed by atoms with Gasteiger partial charge in [-0.25, -0.2) is 8.78 Å². The van der Waals surface area contributed by atoms with Crippen molar-refractivity contribution in [1.29, 1.82) is 0 Å². The van der Waals surface area contributed by atoms with Crippen LogP contribution in [0.1, 0.15) is 19.3 Å². The molecule has 0 amide bonds. The number of carbonyl (C=O) groups is 1. The summed E-state index contributed by atoms with van der Waals surface area (Å²) in [5.74, 6) is -4.03. The molecule has 108 valence electrons. The molecule has 0 bridgehead atoms. The van der Waals surface area contributed by atoms with Crippen LogP contribution < -0.4 is 5.32 Å². The average Bonchev–Trinajstić information content (AvgIpc) is 2.83. The van der Waals surface area contributed by atoms with Crippen LogP contribution >= 0.6 is 0 Å². The Bertz CT molecular complexity index is 565. The van der Waals surface area contributed by atoms with Crippen molar-refractivity contribution in [3.8, 4) is 0 Å². The highest BCUT2D eigenvalue weighted by Gasteiger charge is 2.32. The van der Waals surface area contributed by atoms with E-state index in [-0.39, 0.29) is 6.42 Å². The van der Waals surface area contributed by atoms with Gasteiger partial charge in [-0.05, 0) is 25.3 Å². The molecule has 6 nitrogen and oxygen atoms in total. The summed E-state index contributed by atoms with van der Waals surface area (Å²) in [7, 11) is 0. The number of nitrogens with zero attached hydrogens (tertiary/aromatic N) is 1. The molecule has 1 aromatic carbocycles. The van der Waals surface area contributed by atoms with Crippen LogP contribution in [0.2, 0.25) is 0 Å². The highest BCUT2D eigenvalue weighted by molar-refractivity contribution is 5.71. The first-order valence-corrected chi connectivity index (χ1v) is 6.02. The molecule has 2 N–H and O–H groups in total. The van der Waals surface area contributed by atoms with E-state index >= 15 is 0 Å². The van der Waals surface area contributed by atoms with Gasteiger partial charge in [0.1, 0.15) is 0 Å². The molecule has 1 aliphatic carbocycles. The maximum Gasteiger partial charge on any atom is 0.306 e. The second kappa shape index (κ2) is 5.40. The molecule has 1 fully saturated rings. The Morgan fingerprint density at radius 1 is 1.40 bits per heavy atom. The Kier molecular flexibility index (Phi) is 3.82. The van der Waals surface area contributed by atoms with Gasteiger partial charge < -0.3 is 10.4 Å². The number of nitrogens with one attached hydrogen (secondary N) is 1. The van der Waals surface area contributed by atoms with Gasteiger partial charge >= 0.3 is 5.97 Å². The van der Waals surface area contributed by atoms with Crippen LogP contribution in [-0.2, 0) is 4.79 Å². The molecular weight excluding hydrogens is 274 g/mol. The van der Waals surface area contributed by atoms with E-state index in [4.69, 9.17) is 5.11 Å². The lowest BCUT2D eigenvalue weighted by Crippen LogP contribution is -2.19. The van der Waals surface area contributed by atoms with Crippen LogP contribution in [0, 0.1) is 27.7 Å². The predicted octanol–water partition coefficient (Wildman–Crippen LogP) is 2.54. The van der Waals surface area contributed by atoms with E-state index in [0.29, 0.717) is 18.9 Å². The van der Waals surface area contributed by atoms with Gasteiger partial charge in [0.15, 0.2) is 17.3 Å². The van der Waals surface area contributed by atoms with Gasteiger partial charge in [0.25, 0.3) is 5.69 Å². The van der Waals surface area contributed by atoms with E-state index in [1.54, 1.807) is 0 Å². The maximum atomic E-state index is 13.7. The van der Waals surface area contributed by atoms with Gasteiger partial charge in [0, 0.05) is 12.1 Å². The number of rotatable bonds is 4. The summed E-state index contributed by atoms with van der Waals surface area (Å²) >= 11 is 0. The minimum atomic E-state index is -1.32. The zero-order valence-corrected chi connectivity index (χ0v) is 10.3. The number of nitro groups is 1. The molecule has 8 heteroatoms. The smallest absolute Gasteiger partial charge is 0.306 e. The Hall–Kier alpha value is -2.25. The van der Waals surface area contributed by atoms with Gasteiger partial charge in [-0.2, -0.15) is 0 Å². The Morgan fingerprint density at radius 3 is 2.65 bits per heavy atom. The van der Waals surface area contributed by atoms with Gasteiger partial charge in [0.05, 0.1) is 10.8 Å². The van der Waals surface area contributed by atoms with Crippen LogP contribution in [0.5, 0.6) is 0 Å². The van der Waals surface area contributed by atoms with Crippen molar-refractivity contribution in [1.82, 2.24) is 0 Å². The molecular formula is C12H12F2N2O4. The lowest BCUT2D eigenvalue weighted by molar-refractivity contribution is -0.384. The number of nitro benzene ring substituents is 1. The lowest BCUT2D eigenvalue weighted by atomic mass is 10.1. The zero-order chi connectivity index (χ0) is 14.9. The van der Waals surface area contributed by atoms with Crippen LogP contribution in [0.15, 0.2) is 12.1 Å². The molecule has 2 rings (SSSR count). The summed E-state index contributed by atoms with van der Waals surface area (Å²) in [5.41, 5.74) is -1.09. The van der Waals surface area contributed by atoms with Crippen molar-refractivity contribution < 1.29 is 23.6 Å². The van der Waals surface area contributed by atoms with Crippen LogP contribution in [0.3, 0.4) is 0 Å². The minimum Gasteiger partial charge on any atom is -0.481 e. The van der Waals surface area contributed by atoms with Crippen molar-refractivity contribution in [3.63, 3.8) is 0 Å². The summed E-state index contributed by atoms with van der Waals surface area (Å²) in [6, 6.07) is 1.14. The molecule has 1 aliphatic rings. The fraction of sp³-hybridized carbons (Fsp3) is 0.417. The number of hydrogen-bond acceptors (Lipinski definition) is 4. The lowest BCUT2D eigenvalue weighted by Gasteiger charge is -2.14. The van der Waals surface area contributed by atoms with Crippen molar-refractivity contribution in [2.24, 2.45) is 5.92 Å². The van der Waals surface area contributed by atoms with E-state index in [2.05, 4.69) is 5.32 Å². The first-order chi connectivity index (χ1) is 9.40. The topological polar surface area (TPSA) is 92.5 Å². The third kappa shape index (κ3) is 2.68. The molecule has 1 aromatic rings. The van der Waals surface area contributed by atoms with Gasteiger partial charge in [0.2, 0.25) is 0 Å². The summed E-state index contributed by atoms with van der Waals surface area (Å²) < 4.78 is 26.8. The van der Waals surface area contributed by atoms with Crippen LogP contribution in [-0.4, -0.2) is 22.0 Å². The number of carboxylic acids is 1. The Labute approximate surface area is 112 Å². The van der Waals surface area contributed by atoms with Crippen molar-refractivity contribution in [2.45, 2.75) is 25.3 Å². The Morgan fingerprint density at radius 2 is 2.10 bits per heavy atom. The number of benzene rings is 1. The largest absolute Gasteiger partial charge is 0.481 e. The molecule has 2 atom stereocenters. The number of carboxylic acid groups (broad SMARTS) is 1. The SMILES string of the molecule is O=C(O)C1CCC(Nc2c([N+](=O)[O-])ccc(F)c2F)C1. The summed E-state index contributed by atoms with van der Waals surface area (Å²) in [4.78, 5) is 20.8. The van der Waals surface area contributed by atoms with Crippen molar-refractivity contribution in [2.75, 3.05) is 5.32 Å². The Balaban J connectivity index is 2.23. The van der Waals surface area contributed by atoms with Gasteiger partial charge in [-0.15, -0.1) is 0 Å². The van der Waals surface area contributed by atoms with Crippen molar-refractivity contribution in [3.05, 3.63) is 33.9 Å². The molecule has 1 saturated carbocycles. The minimum absolute atomic E-state index is 0.225. The summed E-state index contributed by atoms with van der Waals surface area (Å²) in [6.07, 6.45) is 1.06. The highest BCUT2D eigenvalue weighted by atomic mass is 19.2. The van der Waals surface area contributed by atoms with Gasteiger partial charge in [-0.3, -0.25) is 14.9 Å². The number of hydrogen-bond donors (Lipinski definition) is 2. The molecule has 0 spiro atoms. The standard InChI is InChI=1S/C12H12F2N2O4/c13-8-3-4-9(16(19)20)11(10(8)14)15-7-2-1-6(5-7)12(17)18/h3-4,6-7,15H,1-2,5H2,(H,17,18). The molecule has 20 heavy (non-hydrogen) atoms. The van der Waals surface area contributed by atoms with E-state index in [1.165, 1.54) is 0 Å². The molecule has 0 aromatic heterocycles. The zero-order valence-electron chi connectivity index (χ0n) is 10.3. The quantitative estimate of drug-likeness (QED) is 0.655. The van der Waals surface area contributed by atoms with E-state index in [0.717, 1.165) is 6.07 Å². The van der Waals surface area contributed by atoms with E-state index in [1.807, 2.05) is 0 Å². The number of aliphatic carboxylic acids is 1. The van der Waals surface area contributed by atoms with Crippen LogP contribution in [0.25, 0.3) is 0 Å². The van der Waals surface area contributed by atoms with Crippen LogP contribution in [0.4, 0.5) is 20.2 Å². The predicted molar refractivity (Wildman–Crippen MR) is 65.4 cm³/mol. The van der Waals surface area contributed by atoms with Crippen molar-refractivity contribution >= 4 is 17.3 Å². The third-order valence-corrected chi connectivity index (χ3v) is 3.40. The second-order valence-corrected chi connectivity index (χ2v) is 4.70. The second-order valence-electron chi connectivity index (χ2n) is 4.70. The molecule has 0 radical (unpaired) electrons. The third-order valence-electron chi connectivity index (χ3n) is 3.40. The fourth-order valence-corrected chi connectivity index (χ4v) is 2.37.